The van der Waals surface area contributed by atoms with Gasteiger partial charge in [0, 0.05) is 41.5 Å². The number of aldehydes is 1. The van der Waals surface area contributed by atoms with E-state index in [1.54, 1.807) is 48.2 Å². The summed E-state index contributed by atoms with van der Waals surface area (Å²) in [6, 6.07) is 10.5. The van der Waals surface area contributed by atoms with E-state index in [2.05, 4.69) is 15.4 Å². The number of halogens is 1. The molecule has 0 aliphatic carbocycles. The van der Waals surface area contributed by atoms with Crippen LogP contribution in [0.1, 0.15) is 20.8 Å². The second-order valence-corrected chi connectivity index (χ2v) is 6.84. The molecule has 2 N–H and O–H groups in total. The predicted octanol–water partition coefficient (Wildman–Crippen LogP) is 4.35. The van der Waals surface area contributed by atoms with Crippen LogP contribution in [0.2, 0.25) is 5.02 Å². The first-order valence-corrected chi connectivity index (χ1v) is 9.33. The summed E-state index contributed by atoms with van der Waals surface area (Å²) < 4.78 is 1.56. The fraction of sp³-hybridized carbons (Fsp3) is 0.0526. The summed E-state index contributed by atoms with van der Waals surface area (Å²) in [4.78, 5) is 25.5. The Labute approximate surface area is 169 Å². The van der Waals surface area contributed by atoms with Gasteiger partial charge in [0.15, 0.2) is 11.9 Å². The zero-order valence-electron chi connectivity index (χ0n) is 14.7. The lowest BCUT2D eigenvalue weighted by atomic mass is 10.0. The van der Waals surface area contributed by atoms with E-state index in [4.69, 9.17) is 11.6 Å². The van der Waals surface area contributed by atoms with Crippen molar-refractivity contribution in [1.82, 2.24) is 14.6 Å². The van der Waals surface area contributed by atoms with E-state index in [1.807, 2.05) is 17.5 Å². The van der Waals surface area contributed by atoms with Gasteiger partial charge < -0.3 is 10.4 Å². The van der Waals surface area contributed by atoms with Gasteiger partial charge in [0.05, 0.1) is 0 Å². The average molecular weight is 415 g/mol. The van der Waals surface area contributed by atoms with Crippen LogP contribution >= 0.6 is 22.9 Å². The summed E-state index contributed by atoms with van der Waals surface area (Å²) in [5, 5.41) is 19.2. The Balaban J connectivity index is 0.000000176. The maximum absolute atomic E-state index is 11.2. The number of carboxylic acids is 1. The molecule has 3 aromatic heterocycles. The molecule has 0 bridgehead atoms. The molecule has 4 aromatic rings. The minimum absolute atomic E-state index is 0.305. The number of aromatic nitrogens is 3. The van der Waals surface area contributed by atoms with Crippen molar-refractivity contribution in [2.24, 2.45) is 0 Å². The van der Waals surface area contributed by atoms with Gasteiger partial charge in [-0.05, 0) is 23.8 Å². The van der Waals surface area contributed by atoms with Gasteiger partial charge in [-0.3, -0.25) is 4.79 Å². The van der Waals surface area contributed by atoms with Crippen LogP contribution in [0.4, 0.5) is 5.00 Å². The number of carbonyl (C=O) groups is 2. The van der Waals surface area contributed by atoms with E-state index in [-0.39, 0.29) is 0 Å². The molecule has 3 heterocycles. The summed E-state index contributed by atoms with van der Waals surface area (Å²) in [5.74, 6) is -0.930. The number of hydrogen-bond donors (Lipinski definition) is 2. The van der Waals surface area contributed by atoms with E-state index in [1.165, 1.54) is 11.3 Å². The second kappa shape index (κ2) is 8.64. The highest BCUT2D eigenvalue weighted by atomic mass is 35.5. The number of nitrogens with zero attached hydrogens (tertiary/aromatic N) is 3. The first-order chi connectivity index (χ1) is 13.5. The fourth-order valence-electron chi connectivity index (χ4n) is 2.50. The largest absolute Gasteiger partial charge is 0.478 e. The molecule has 0 unspecified atom stereocenters. The molecule has 4 rings (SSSR count). The van der Waals surface area contributed by atoms with Crippen molar-refractivity contribution in [3.05, 3.63) is 70.5 Å². The SMILES string of the molecule is CNc1scc(-c2ccc(Cl)cc2)c1C(=O)O.O=Cc1cc2ncccn2n1. The van der Waals surface area contributed by atoms with Crippen molar-refractivity contribution in [3.8, 4) is 11.1 Å². The number of thiophene rings is 1. The third-order valence-electron chi connectivity index (χ3n) is 3.76. The molecule has 9 heteroatoms. The van der Waals surface area contributed by atoms with Crippen LogP contribution in [0.15, 0.2) is 54.2 Å². The first-order valence-electron chi connectivity index (χ1n) is 8.07. The van der Waals surface area contributed by atoms with Crippen LogP contribution in [0.3, 0.4) is 0 Å². The highest BCUT2D eigenvalue weighted by Crippen LogP contribution is 2.35. The van der Waals surface area contributed by atoms with E-state index in [0.717, 1.165) is 5.56 Å². The minimum atomic E-state index is -0.930. The zero-order valence-corrected chi connectivity index (χ0v) is 16.2. The molecule has 7 nitrogen and oxygen atoms in total. The van der Waals surface area contributed by atoms with Crippen molar-refractivity contribution in [2.45, 2.75) is 0 Å². The van der Waals surface area contributed by atoms with Crippen molar-refractivity contribution >= 4 is 45.8 Å². The van der Waals surface area contributed by atoms with Crippen LogP contribution in [0.25, 0.3) is 16.8 Å². The number of aromatic carboxylic acids is 1. The molecule has 0 radical (unpaired) electrons. The lowest BCUT2D eigenvalue weighted by Crippen LogP contribution is -2.00. The minimum Gasteiger partial charge on any atom is -0.478 e. The number of carbonyl (C=O) groups excluding carboxylic acids is 1. The lowest BCUT2D eigenvalue weighted by molar-refractivity contribution is 0.0699. The monoisotopic (exact) mass is 414 g/mol. The quantitative estimate of drug-likeness (QED) is 0.482. The van der Waals surface area contributed by atoms with Gasteiger partial charge in [-0.15, -0.1) is 11.3 Å². The Hall–Kier alpha value is -3.23. The summed E-state index contributed by atoms with van der Waals surface area (Å²) >= 11 is 7.19. The van der Waals surface area contributed by atoms with Gasteiger partial charge in [-0.25, -0.2) is 14.3 Å². The number of anilines is 1. The molecule has 142 valence electrons. The number of carboxylic acid groups (broad SMARTS) is 1. The average Bonchev–Trinajstić information content (AvgIpc) is 3.32. The Morgan fingerprint density at radius 3 is 2.68 bits per heavy atom. The van der Waals surface area contributed by atoms with E-state index in [0.29, 0.717) is 38.8 Å². The van der Waals surface area contributed by atoms with E-state index < -0.39 is 5.97 Å². The van der Waals surface area contributed by atoms with Crippen LogP contribution in [-0.4, -0.2) is 39.0 Å². The molecule has 28 heavy (non-hydrogen) atoms. The molecule has 0 saturated carbocycles. The summed E-state index contributed by atoms with van der Waals surface area (Å²) in [6.45, 7) is 0. The Bertz CT molecular complexity index is 1090. The van der Waals surface area contributed by atoms with Crippen molar-refractivity contribution in [1.29, 1.82) is 0 Å². The number of fused-ring (bicyclic) bond motifs is 1. The standard InChI is InChI=1S/C12H10ClNO2S.C7H5N3O/c1-14-11-10(12(15)16)9(6-17-11)7-2-4-8(13)5-3-7;11-5-6-4-7-8-2-1-3-10(7)9-6/h2-6,14H,1H3,(H,15,16);1-5H. The lowest BCUT2D eigenvalue weighted by Gasteiger charge is -2.03. The molecule has 0 aliphatic rings. The van der Waals surface area contributed by atoms with Crippen LogP contribution < -0.4 is 5.32 Å². The van der Waals surface area contributed by atoms with Crippen LogP contribution in [0.5, 0.6) is 0 Å². The third kappa shape index (κ3) is 4.19. The van der Waals surface area contributed by atoms with E-state index in [9.17, 15) is 14.7 Å². The third-order valence-corrected chi connectivity index (χ3v) is 5.01. The zero-order chi connectivity index (χ0) is 20.1. The summed E-state index contributed by atoms with van der Waals surface area (Å²) in [5.41, 5.74) is 2.96. The Morgan fingerprint density at radius 1 is 1.32 bits per heavy atom. The topological polar surface area (TPSA) is 96.6 Å². The molecular weight excluding hydrogens is 400 g/mol. The number of hydrogen-bond acceptors (Lipinski definition) is 6. The van der Waals surface area contributed by atoms with E-state index >= 15 is 0 Å². The van der Waals surface area contributed by atoms with Crippen molar-refractivity contribution in [2.75, 3.05) is 12.4 Å². The predicted molar refractivity (Wildman–Crippen MR) is 110 cm³/mol. The number of rotatable bonds is 4. The number of nitrogens with one attached hydrogen (secondary N) is 1. The molecule has 0 atom stereocenters. The normalized spacial score (nSPS) is 10.2. The maximum Gasteiger partial charge on any atom is 0.339 e. The molecule has 0 spiro atoms. The summed E-state index contributed by atoms with van der Waals surface area (Å²) in [6.07, 6.45) is 4.11. The van der Waals surface area contributed by atoms with Gasteiger partial charge in [-0.1, -0.05) is 23.7 Å². The van der Waals surface area contributed by atoms with Gasteiger partial charge in [0.1, 0.15) is 16.3 Å². The Morgan fingerprint density at radius 2 is 2.07 bits per heavy atom. The first kappa shape index (κ1) is 19.5. The highest BCUT2D eigenvalue weighted by Gasteiger charge is 2.18. The van der Waals surface area contributed by atoms with Gasteiger partial charge in [0.25, 0.3) is 0 Å². The molecule has 0 fully saturated rings. The second-order valence-electron chi connectivity index (χ2n) is 5.53. The maximum atomic E-state index is 11.2. The Kier molecular flexibility index (Phi) is 6.03. The van der Waals surface area contributed by atoms with Crippen molar-refractivity contribution in [3.63, 3.8) is 0 Å². The van der Waals surface area contributed by atoms with Crippen molar-refractivity contribution < 1.29 is 14.7 Å². The fourth-order valence-corrected chi connectivity index (χ4v) is 3.55. The molecule has 0 amide bonds. The summed E-state index contributed by atoms with van der Waals surface area (Å²) in [7, 11) is 1.71. The van der Waals surface area contributed by atoms with Gasteiger partial charge in [-0.2, -0.15) is 5.10 Å². The molecule has 0 aliphatic heterocycles. The molecule has 0 saturated heterocycles. The number of benzene rings is 1. The molecule has 1 aromatic carbocycles. The van der Waals surface area contributed by atoms with Gasteiger partial charge in [0.2, 0.25) is 0 Å². The smallest absolute Gasteiger partial charge is 0.339 e. The van der Waals surface area contributed by atoms with Gasteiger partial charge >= 0.3 is 5.97 Å². The van der Waals surface area contributed by atoms with Crippen LogP contribution in [-0.2, 0) is 0 Å². The van der Waals surface area contributed by atoms with Crippen LogP contribution in [0, 0.1) is 0 Å². The highest BCUT2D eigenvalue weighted by molar-refractivity contribution is 7.15. The molecular formula is C19H15ClN4O3S.